The van der Waals surface area contributed by atoms with Crippen molar-refractivity contribution >= 4 is 11.6 Å². The molecule has 1 rings (SSSR count). The maximum absolute atomic E-state index is 9.06. The van der Waals surface area contributed by atoms with Crippen LogP contribution in [0.4, 0.5) is 0 Å². The Morgan fingerprint density at radius 3 is 2.80 bits per heavy atom. The van der Waals surface area contributed by atoms with E-state index >= 15 is 0 Å². The molecule has 0 aliphatic rings. The zero-order chi connectivity index (χ0) is 11.1. The van der Waals surface area contributed by atoms with E-state index in [1.165, 1.54) is 0 Å². The minimum absolute atomic E-state index is 0.202. The van der Waals surface area contributed by atoms with Crippen LogP contribution in [-0.2, 0) is 6.54 Å². The lowest BCUT2D eigenvalue weighted by atomic mass is 10.2. The Bertz CT molecular complexity index is 289. The molecule has 0 spiro atoms. The summed E-state index contributed by atoms with van der Waals surface area (Å²) >= 11 is 6.01. The van der Waals surface area contributed by atoms with Crippen LogP contribution in [0.3, 0.4) is 0 Å². The van der Waals surface area contributed by atoms with Crippen molar-refractivity contribution in [1.29, 1.82) is 0 Å². The summed E-state index contributed by atoms with van der Waals surface area (Å²) in [7, 11) is 0. The topological polar surface area (TPSA) is 32.3 Å². The fraction of sp³-hybridized carbons (Fsp3) is 0.500. The van der Waals surface area contributed by atoms with Crippen LogP contribution in [0, 0.1) is 0 Å². The Morgan fingerprint density at radius 2 is 2.13 bits per heavy atom. The molecule has 0 heterocycles. The average molecular weight is 228 g/mol. The first-order chi connectivity index (χ1) is 7.20. The van der Waals surface area contributed by atoms with E-state index in [2.05, 4.69) is 5.32 Å². The maximum Gasteiger partial charge on any atom is 0.0512 e. The van der Waals surface area contributed by atoms with Crippen LogP contribution in [0.15, 0.2) is 24.3 Å². The van der Waals surface area contributed by atoms with E-state index in [0.29, 0.717) is 0 Å². The Hall–Kier alpha value is -0.570. The van der Waals surface area contributed by atoms with Crippen LogP contribution in [0.1, 0.15) is 25.3 Å². The van der Waals surface area contributed by atoms with Gasteiger partial charge in [-0.1, -0.05) is 29.8 Å². The van der Waals surface area contributed by atoms with Gasteiger partial charge in [-0.3, -0.25) is 0 Å². The summed E-state index contributed by atoms with van der Waals surface area (Å²) in [6.45, 7) is 3.52. The van der Waals surface area contributed by atoms with Gasteiger partial charge in [-0.25, -0.2) is 0 Å². The first-order valence-electron chi connectivity index (χ1n) is 5.32. The largest absolute Gasteiger partial charge is 0.393 e. The van der Waals surface area contributed by atoms with Gasteiger partial charge in [-0.05, 0) is 37.9 Å². The van der Waals surface area contributed by atoms with E-state index in [1.54, 1.807) is 0 Å². The predicted molar refractivity (Wildman–Crippen MR) is 64.1 cm³/mol. The molecule has 15 heavy (non-hydrogen) atoms. The second kappa shape index (κ2) is 6.83. The van der Waals surface area contributed by atoms with Gasteiger partial charge in [-0.15, -0.1) is 0 Å². The molecule has 0 amide bonds. The van der Waals surface area contributed by atoms with Crippen molar-refractivity contribution in [2.75, 3.05) is 6.54 Å². The van der Waals surface area contributed by atoms with Crippen molar-refractivity contribution in [3.8, 4) is 0 Å². The standard InChI is InChI=1S/C12H18ClNO/c1-10(15)5-4-8-14-9-11-6-2-3-7-12(11)13/h2-3,6-7,10,14-15H,4-5,8-9H2,1H3. The molecule has 1 unspecified atom stereocenters. The summed E-state index contributed by atoms with van der Waals surface area (Å²) < 4.78 is 0. The van der Waals surface area contributed by atoms with Crippen molar-refractivity contribution < 1.29 is 5.11 Å². The monoisotopic (exact) mass is 227 g/mol. The van der Waals surface area contributed by atoms with Gasteiger partial charge in [0.15, 0.2) is 0 Å². The molecule has 3 heteroatoms. The lowest BCUT2D eigenvalue weighted by molar-refractivity contribution is 0.181. The van der Waals surface area contributed by atoms with E-state index < -0.39 is 0 Å². The van der Waals surface area contributed by atoms with Gasteiger partial charge in [0.1, 0.15) is 0 Å². The highest BCUT2D eigenvalue weighted by atomic mass is 35.5. The van der Waals surface area contributed by atoms with Crippen LogP contribution in [-0.4, -0.2) is 17.8 Å². The number of nitrogens with one attached hydrogen (secondary N) is 1. The summed E-state index contributed by atoms with van der Waals surface area (Å²) in [6.07, 6.45) is 1.63. The van der Waals surface area contributed by atoms with Gasteiger partial charge in [0.25, 0.3) is 0 Å². The highest BCUT2D eigenvalue weighted by Crippen LogP contribution is 2.14. The first-order valence-corrected chi connectivity index (χ1v) is 5.70. The number of hydrogen-bond donors (Lipinski definition) is 2. The molecule has 1 atom stereocenters. The summed E-state index contributed by atoms with van der Waals surface area (Å²) in [5.41, 5.74) is 1.12. The first kappa shape index (κ1) is 12.5. The second-order valence-corrected chi connectivity index (χ2v) is 4.17. The van der Waals surface area contributed by atoms with Gasteiger partial charge < -0.3 is 10.4 Å². The molecule has 0 aliphatic heterocycles. The molecule has 0 aliphatic carbocycles. The van der Waals surface area contributed by atoms with Crippen LogP contribution >= 0.6 is 11.6 Å². The third kappa shape index (κ3) is 5.17. The SMILES string of the molecule is CC(O)CCCNCc1ccccc1Cl. The highest BCUT2D eigenvalue weighted by molar-refractivity contribution is 6.31. The van der Waals surface area contributed by atoms with Crippen molar-refractivity contribution in [2.45, 2.75) is 32.4 Å². The van der Waals surface area contributed by atoms with Crippen molar-refractivity contribution in [3.63, 3.8) is 0 Å². The minimum Gasteiger partial charge on any atom is -0.393 e. The lowest BCUT2D eigenvalue weighted by Gasteiger charge is -2.07. The molecule has 0 saturated carbocycles. The summed E-state index contributed by atoms with van der Waals surface area (Å²) in [5.74, 6) is 0. The second-order valence-electron chi connectivity index (χ2n) is 3.76. The zero-order valence-corrected chi connectivity index (χ0v) is 9.80. The smallest absolute Gasteiger partial charge is 0.0512 e. The van der Waals surface area contributed by atoms with Crippen LogP contribution in [0.2, 0.25) is 5.02 Å². The zero-order valence-electron chi connectivity index (χ0n) is 9.04. The molecule has 1 aromatic rings. The van der Waals surface area contributed by atoms with E-state index in [0.717, 1.165) is 36.5 Å². The van der Waals surface area contributed by atoms with Crippen LogP contribution in [0.25, 0.3) is 0 Å². The Labute approximate surface area is 96.3 Å². The van der Waals surface area contributed by atoms with Gasteiger partial charge in [0.05, 0.1) is 6.10 Å². The Kier molecular flexibility index (Phi) is 5.69. The molecule has 0 fully saturated rings. The van der Waals surface area contributed by atoms with Gasteiger partial charge in [0, 0.05) is 11.6 Å². The fourth-order valence-electron chi connectivity index (χ4n) is 1.39. The molecule has 84 valence electrons. The molecule has 2 N–H and O–H groups in total. The van der Waals surface area contributed by atoms with Crippen LogP contribution in [0.5, 0.6) is 0 Å². The maximum atomic E-state index is 9.06. The lowest BCUT2D eigenvalue weighted by Crippen LogP contribution is -2.16. The molecule has 0 bridgehead atoms. The predicted octanol–water partition coefficient (Wildman–Crippen LogP) is 2.59. The van der Waals surface area contributed by atoms with E-state index in [-0.39, 0.29) is 6.10 Å². The Balaban J connectivity index is 2.18. The third-order valence-corrected chi connectivity index (χ3v) is 2.62. The van der Waals surface area contributed by atoms with Gasteiger partial charge in [-0.2, -0.15) is 0 Å². The highest BCUT2D eigenvalue weighted by Gasteiger charge is 1.98. The van der Waals surface area contributed by atoms with Gasteiger partial charge >= 0.3 is 0 Å². The van der Waals surface area contributed by atoms with Gasteiger partial charge in [0.2, 0.25) is 0 Å². The normalized spacial score (nSPS) is 12.7. The number of aliphatic hydroxyl groups excluding tert-OH is 1. The van der Waals surface area contributed by atoms with Crippen molar-refractivity contribution in [2.24, 2.45) is 0 Å². The molecule has 2 nitrogen and oxygen atoms in total. The number of aliphatic hydroxyl groups is 1. The minimum atomic E-state index is -0.202. The number of hydrogen-bond acceptors (Lipinski definition) is 2. The summed E-state index contributed by atoms with van der Waals surface area (Å²) in [4.78, 5) is 0. The third-order valence-electron chi connectivity index (χ3n) is 2.25. The number of halogens is 1. The fourth-order valence-corrected chi connectivity index (χ4v) is 1.59. The van der Waals surface area contributed by atoms with E-state index in [1.807, 2.05) is 31.2 Å². The Morgan fingerprint density at radius 1 is 1.40 bits per heavy atom. The van der Waals surface area contributed by atoms with Crippen LogP contribution < -0.4 is 5.32 Å². The summed E-state index contributed by atoms with van der Waals surface area (Å²) in [5, 5.41) is 13.2. The molecular weight excluding hydrogens is 210 g/mol. The molecule has 0 radical (unpaired) electrons. The van der Waals surface area contributed by atoms with E-state index in [9.17, 15) is 0 Å². The molecule has 0 saturated heterocycles. The molecular formula is C12H18ClNO. The molecule has 0 aromatic heterocycles. The molecule has 1 aromatic carbocycles. The van der Waals surface area contributed by atoms with E-state index in [4.69, 9.17) is 16.7 Å². The number of benzene rings is 1. The van der Waals surface area contributed by atoms with Crippen molar-refractivity contribution in [3.05, 3.63) is 34.9 Å². The quantitative estimate of drug-likeness (QED) is 0.733. The summed E-state index contributed by atoms with van der Waals surface area (Å²) in [6, 6.07) is 7.83. The average Bonchev–Trinajstić information content (AvgIpc) is 2.20. The number of rotatable bonds is 6. The van der Waals surface area contributed by atoms with Crippen molar-refractivity contribution in [1.82, 2.24) is 5.32 Å².